The van der Waals surface area contributed by atoms with Crippen molar-refractivity contribution in [3.05, 3.63) is 24.0 Å². The molecule has 2 rings (SSSR count). The van der Waals surface area contributed by atoms with Gasteiger partial charge < -0.3 is 9.88 Å². The lowest BCUT2D eigenvalue weighted by Crippen LogP contribution is -2.36. The summed E-state index contributed by atoms with van der Waals surface area (Å²) >= 11 is 0. The van der Waals surface area contributed by atoms with E-state index in [2.05, 4.69) is 42.2 Å². The van der Waals surface area contributed by atoms with Gasteiger partial charge in [0, 0.05) is 32.0 Å². The molecule has 1 heterocycles. The van der Waals surface area contributed by atoms with Gasteiger partial charge in [-0.1, -0.05) is 13.3 Å². The molecule has 1 aromatic heterocycles. The highest BCUT2D eigenvalue weighted by Crippen LogP contribution is 2.39. The van der Waals surface area contributed by atoms with Crippen molar-refractivity contribution >= 4 is 0 Å². The third-order valence-corrected chi connectivity index (χ3v) is 3.62. The molecule has 0 saturated heterocycles. The van der Waals surface area contributed by atoms with Crippen molar-refractivity contribution in [2.45, 2.75) is 46.2 Å². The van der Waals surface area contributed by atoms with Gasteiger partial charge in [0.1, 0.15) is 0 Å². The molecule has 0 bridgehead atoms. The molecular weight excluding hydrogens is 184 g/mol. The summed E-state index contributed by atoms with van der Waals surface area (Å²) in [4.78, 5) is 0. The summed E-state index contributed by atoms with van der Waals surface area (Å²) in [5, 5.41) is 3.57. The zero-order valence-corrected chi connectivity index (χ0v) is 9.92. The van der Waals surface area contributed by atoms with E-state index in [1.807, 2.05) is 0 Å². The number of nitrogens with zero attached hydrogens (tertiary/aromatic N) is 1. The second kappa shape index (κ2) is 4.40. The molecule has 1 saturated carbocycles. The first-order valence-electron chi connectivity index (χ1n) is 6.07. The first-order valence-corrected chi connectivity index (χ1v) is 6.07. The van der Waals surface area contributed by atoms with E-state index in [9.17, 15) is 0 Å². The summed E-state index contributed by atoms with van der Waals surface area (Å²) in [7, 11) is 0. The Morgan fingerprint density at radius 2 is 2.27 bits per heavy atom. The molecule has 84 valence electrons. The summed E-state index contributed by atoms with van der Waals surface area (Å²) in [6.45, 7) is 7.82. The SMILES string of the molecule is CCn1ccc(CNCC2(C)CCC2)c1. The molecule has 1 aromatic rings. The smallest absolute Gasteiger partial charge is 0.0220 e. The molecule has 1 aliphatic rings. The van der Waals surface area contributed by atoms with Gasteiger partial charge in [0.25, 0.3) is 0 Å². The average Bonchev–Trinajstić information content (AvgIpc) is 2.63. The monoisotopic (exact) mass is 206 g/mol. The minimum atomic E-state index is 0.591. The third-order valence-electron chi connectivity index (χ3n) is 3.62. The highest BCUT2D eigenvalue weighted by Gasteiger charge is 2.30. The minimum Gasteiger partial charge on any atom is -0.354 e. The van der Waals surface area contributed by atoms with E-state index in [0.717, 1.165) is 13.1 Å². The lowest BCUT2D eigenvalue weighted by Gasteiger charge is -2.38. The van der Waals surface area contributed by atoms with Crippen molar-refractivity contribution in [3.8, 4) is 0 Å². The van der Waals surface area contributed by atoms with Crippen molar-refractivity contribution < 1.29 is 0 Å². The zero-order valence-electron chi connectivity index (χ0n) is 9.92. The molecule has 2 nitrogen and oxygen atoms in total. The van der Waals surface area contributed by atoms with Gasteiger partial charge in [0.05, 0.1) is 0 Å². The fourth-order valence-electron chi connectivity index (χ4n) is 2.26. The molecule has 2 heteroatoms. The Morgan fingerprint density at radius 1 is 1.47 bits per heavy atom. The fraction of sp³-hybridized carbons (Fsp3) is 0.692. The van der Waals surface area contributed by atoms with E-state index < -0.39 is 0 Å². The summed E-state index contributed by atoms with van der Waals surface area (Å²) in [6.07, 6.45) is 8.61. The molecule has 0 spiro atoms. The molecular formula is C13H22N2. The van der Waals surface area contributed by atoms with Crippen LogP contribution in [0, 0.1) is 5.41 Å². The largest absolute Gasteiger partial charge is 0.354 e. The van der Waals surface area contributed by atoms with Crippen LogP contribution >= 0.6 is 0 Å². The van der Waals surface area contributed by atoms with Crippen LogP contribution in [0.3, 0.4) is 0 Å². The summed E-state index contributed by atoms with van der Waals surface area (Å²) in [6, 6.07) is 2.21. The Hall–Kier alpha value is -0.760. The molecule has 0 aromatic carbocycles. The Morgan fingerprint density at radius 3 is 2.80 bits per heavy atom. The van der Waals surface area contributed by atoms with Crippen molar-refractivity contribution in [2.24, 2.45) is 5.41 Å². The summed E-state index contributed by atoms with van der Waals surface area (Å²) in [5.41, 5.74) is 1.99. The second-order valence-corrected chi connectivity index (χ2v) is 5.12. The van der Waals surface area contributed by atoms with Gasteiger partial charge in [-0.25, -0.2) is 0 Å². The van der Waals surface area contributed by atoms with Gasteiger partial charge in [-0.3, -0.25) is 0 Å². The average molecular weight is 206 g/mol. The zero-order chi connectivity index (χ0) is 10.7. The molecule has 0 atom stereocenters. The molecule has 1 N–H and O–H groups in total. The molecule has 1 aliphatic carbocycles. The maximum atomic E-state index is 3.57. The van der Waals surface area contributed by atoms with E-state index in [1.165, 1.54) is 31.4 Å². The van der Waals surface area contributed by atoms with Gasteiger partial charge in [0.15, 0.2) is 0 Å². The van der Waals surface area contributed by atoms with E-state index in [-0.39, 0.29) is 0 Å². The van der Waals surface area contributed by atoms with Gasteiger partial charge in [-0.2, -0.15) is 0 Å². The van der Waals surface area contributed by atoms with Crippen LogP contribution in [0.25, 0.3) is 0 Å². The van der Waals surface area contributed by atoms with E-state index >= 15 is 0 Å². The van der Waals surface area contributed by atoms with E-state index in [1.54, 1.807) is 0 Å². The van der Waals surface area contributed by atoms with Crippen LogP contribution in [0.5, 0.6) is 0 Å². The Kier molecular flexibility index (Phi) is 3.15. The van der Waals surface area contributed by atoms with Gasteiger partial charge >= 0.3 is 0 Å². The van der Waals surface area contributed by atoms with Gasteiger partial charge in [-0.15, -0.1) is 0 Å². The molecule has 0 radical (unpaired) electrons. The number of rotatable bonds is 5. The lowest BCUT2D eigenvalue weighted by atomic mass is 9.70. The predicted octanol–water partition coefficient (Wildman–Crippen LogP) is 2.79. The van der Waals surface area contributed by atoms with Gasteiger partial charge in [-0.05, 0) is 36.8 Å². The van der Waals surface area contributed by atoms with Crippen molar-refractivity contribution in [2.75, 3.05) is 6.54 Å². The standard InChI is InChI=1S/C13H22N2/c1-3-15-8-5-12(10-15)9-14-11-13(2)6-4-7-13/h5,8,10,14H,3-4,6-7,9,11H2,1-2H3. The first kappa shape index (κ1) is 10.7. The molecule has 1 fully saturated rings. The number of aryl methyl sites for hydroxylation is 1. The number of hydrogen-bond acceptors (Lipinski definition) is 1. The first-order chi connectivity index (χ1) is 7.22. The van der Waals surface area contributed by atoms with Crippen molar-refractivity contribution in [3.63, 3.8) is 0 Å². The minimum absolute atomic E-state index is 0.591. The van der Waals surface area contributed by atoms with Crippen molar-refractivity contribution in [1.82, 2.24) is 9.88 Å². The Balaban J connectivity index is 1.73. The molecule has 15 heavy (non-hydrogen) atoms. The maximum Gasteiger partial charge on any atom is 0.0220 e. The van der Waals surface area contributed by atoms with E-state index in [4.69, 9.17) is 0 Å². The maximum absolute atomic E-state index is 3.57. The van der Waals surface area contributed by atoms with E-state index in [0.29, 0.717) is 5.41 Å². The van der Waals surface area contributed by atoms with Crippen LogP contribution in [0.1, 0.15) is 38.7 Å². The number of aromatic nitrogens is 1. The topological polar surface area (TPSA) is 17.0 Å². The second-order valence-electron chi connectivity index (χ2n) is 5.12. The molecule has 0 amide bonds. The van der Waals surface area contributed by atoms with Crippen molar-refractivity contribution in [1.29, 1.82) is 0 Å². The Labute approximate surface area is 92.7 Å². The molecule has 0 aliphatic heterocycles. The molecule has 0 unspecified atom stereocenters. The fourth-order valence-corrected chi connectivity index (χ4v) is 2.26. The third kappa shape index (κ3) is 2.63. The highest BCUT2D eigenvalue weighted by atomic mass is 14.9. The van der Waals surface area contributed by atoms with Crippen LogP contribution in [0.2, 0.25) is 0 Å². The quantitative estimate of drug-likeness (QED) is 0.784. The van der Waals surface area contributed by atoms with Crippen LogP contribution in [0.4, 0.5) is 0 Å². The normalized spacial score (nSPS) is 18.8. The van der Waals surface area contributed by atoms with Crippen LogP contribution < -0.4 is 5.32 Å². The van der Waals surface area contributed by atoms with Gasteiger partial charge in [0.2, 0.25) is 0 Å². The van der Waals surface area contributed by atoms with Crippen LogP contribution in [-0.4, -0.2) is 11.1 Å². The number of nitrogens with one attached hydrogen (secondary N) is 1. The Bertz CT molecular complexity index is 310. The number of hydrogen-bond donors (Lipinski definition) is 1. The highest BCUT2D eigenvalue weighted by molar-refractivity contribution is 5.09. The van der Waals surface area contributed by atoms with Crippen LogP contribution in [0.15, 0.2) is 18.5 Å². The predicted molar refractivity (Wildman–Crippen MR) is 63.8 cm³/mol. The lowest BCUT2D eigenvalue weighted by molar-refractivity contribution is 0.156. The van der Waals surface area contributed by atoms with Crippen LogP contribution in [-0.2, 0) is 13.1 Å². The summed E-state index contributed by atoms with van der Waals surface area (Å²) < 4.78 is 2.22. The summed E-state index contributed by atoms with van der Waals surface area (Å²) in [5.74, 6) is 0.